The third-order valence-electron chi connectivity index (χ3n) is 4.07. The number of hydrogen-bond donors (Lipinski definition) is 2. The molecule has 0 saturated carbocycles. The van der Waals surface area contributed by atoms with E-state index in [1.54, 1.807) is 0 Å². The minimum absolute atomic E-state index is 0.0397. The Hall–Kier alpha value is -0.160. The molecule has 0 aromatic carbocycles. The highest BCUT2D eigenvalue weighted by Gasteiger charge is 2.49. The average Bonchev–Trinajstić information content (AvgIpc) is 2.63. The average molecular weight is 257 g/mol. The van der Waals surface area contributed by atoms with Crippen molar-refractivity contribution in [1.29, 1.82) is 0 Å². The Labute approximate surface area is 110 Å². The van der Waals surface area contributed by atoms with Crippen molar-refractivity contribution in [2.75, 3.05) is 13.2 Å². The van der Waals surface area contributed by atoms with Crippen LogP contribution in [-0.4, -0.2) is 42.3 Å². The minimum Gasteiger partial charge on any atom is -0.396 e. The van der Waals surface area contributed by atoms with Crippen LogP contribution >= 0.6 is 0 Å². The van der Waals surface area contributed by atoms with Crippen molar-refractivity contribution in [3.8, 4) is 0 Å². The Morgan fingerprint density at radius 1 is 1.28 bits per heavy atom. The van der Waals surface area contributed by atoms with Gasteiger partial charge < -0.3 is 19.9 Å². The molecule has 4 heteroatoms. The number of aliphatic hydroxyl groups excluding tert-OH is 1. The van der Waals surface area contributed by atoms with Crippen molar-refractivity contribution >= 4 is 0 Å². The quantitative estimate of drug-likeness (QED) is 0.736. The van der Waals surface area contributed by atoms with E-state index in [4.69, 9.17) is 9.47 Å². The molecule has 2 N–H and O–H groups in total. The zero-order valence-corrected chi connectivity index (χ0v) is 11.8. The molecule has 0 aliphatic carbocycles. The molecule has 0 radical (unpaired) electrons. The van der Waals surface area contributed by atoms with E-state index in [0.29, 0.717) is 6.04 Å². The lowest BCUT2D eigenvalue weighted by atomic mass is 9.84. The molecular formula is C14H27NO3. The first-order chi connectivity index (χ1) is 8.57. The van der Waals surface area contributed by atoms with Gasteiger partial charge >= 0.3 is 0 Å². The van der Waals surface area contributed by atoms with E-state index in [2.05, 4.69) is 12.2 Å². The highest BCUT2D eigenvalue weighted by atomic mass is 16.8. The lowest BCUT2D eigenvalue weighted by molar-refractivity contribution is -0.150. The summed E-state index contributed by atoms with van der Waals surface area (Å²) in [5.74, 6) is -0.356. The first-order valence-electron chi connectivity index (χ1n) is 7.27. The molecule has 18 heavy (non-hydrogen) atoms. The molecule has 0 amide bonds. The first kappa shape index (κ1) is 14.3. The van der Waals surface area contributed by atoms with E-state index in [-0.39, 0.29) is 24.7 Å². The molecule has 0 aromatic rings. The summed E-state index contributed by atoms with van der Waals surface area (Å²) in [4.78, 5) is 0. The van der Waals surface area contributed by atoms with Gasteiger partial charge in [-0.05, 0) is 20.3 Å². The highest BCUT2D eigenvalue weighted by molar-refractivity contribution is 4.97. The molecule has 106 valence electrons. The van der Waals surface area contributed by atoms with Crippen molar-refractivity contribution in [3.63, 3.8) is 0 Å². The van der Waals surface area contributed by atoms with Crippen molar-refractivity contribution in [2.24, 2.45) is 5.92 Å². The van der Waals surface area contributed by atoms with E-state index in [0.717, 1.165) is 13.0 Å². The predicted molar refractivity (Wildman–Crippen MR) is 70.3 cm³/mol. The van der Waals surface area contributed by atoms with Crippen LogP contribution in [0, 0.1) is 5.92 Å². The number of hydrogen-bond acceptors (Lipinski definition) is 4. The Balaban J connectivity index is 1.95. The summed E-state index contributed by atoms with van der Waals surface area (Å²) in [7, 11) is 0. The molecule has 2 rings (SSSR count). The van der Waals surface area contributed by atoms with Crippen molar-refractivity contribution in [2.45, 2.75) is 70.5 Å². The number of piperidine rings is 1. The van der Waals surface area contributed by atoms with Gasteiger partial charge in [0.05, 0.1) is 6.10 Å². The highest BCUT2D eigenvalue weighted by Crippen LogP contribution is 2.36. The third kappa shape index (κ3) is 3.05. The molecule has 2 saturated heterocycles. The van der Waals surface area contributed by atoms with Gasteiger partial charge in [0.2, 0.25) is 0 Å². The minimum atomic E-state index is -0.511. The summed E-state index contributed by atoms with van der Waals surface area (Å²) in [6.45, 7) is 7.12. The van der Waals surface area contributed by atoms with Gasteiger partial charge in [-0.25, -0.2) is 0 Å². The van der Waals surface area contributed by atoms with Crippen molar-refractivity contribution in [3.05, 3.63) is 0 Å². The predicted octanol–water partition coefficient (Wildman–Crippen LogP) is 1.67. The fourth-order valence-electron chi connectivity index (χ4n) is 3.19. The van der Waals surface area contributed by atoms with Crippen LogP contribution in [0.15, 0.2) is 0 Å². The Morgan fingerprint density at radius 2 is 2.06 bits per heavy atom. The maximum absolute atomic E-state index is 9.66. The third-order valence-corrected chi connectivity index (χ3v) is 4.07. The second kappa shape index (κ2) is 5.87. The van der Waals surface area contributed by atoms with Crippen molar-refractivity contribution in [1.82, 2.24) is 5.32 Å². The molecule has 0 spiro atoms. The van der Waals surface area contributed by atoms with Crippen LogP contribution in [0.25, 0.3) is 0 Å². The summed E-state index contributed by atoms with van der Waals surface area (Å²) >= 11 is 0. The topological polar surface area (TPSA) is 50.7 Å². The molecule has 4 nitrogen and oxygen atoms in total. The number of nitrogens with one attached hydrogen (secondary N) is 1. The number of unbranched alkanes of at least 4 members (excludes halogenated alkanes) is 2. The smallest absolute Gasteiger partial charge is 0.163 e. The Morgan fingerprint density at radius 3 is 2.72 bits per heavy atom. The van der Waals surface area contributed by atoms with Crippen LogP contribution < -0.4 is 5.32 Å². The summed E-state index contributed by atoms with van der Waals surface area (Å²) in [5, 5.41) is 13.2. The summed E-state index contributed by atoms with van der Waals surface area (Å²) in [6.07, 6.45) is 4.94. The maximum Gasteiger partial charge on any atom is 0.163 e. The van der Waals surface area contributed by atoms with E-state index in [9.17, 15) is 5.11 Å². The van der Waals surface area contributed by atoms with Crippen LogP contribution in [0.5, 0.6) is 0 Å². The van der Waals surface area contributed by atoms with E-state index in [1.165, 1.54) is 19.3 Å². The van der Waals surface area contributed by atoms with Gasteiger partial charge in [-0.15, -0.1) is 0 Å². The molecule has 0 aromatic heterocycles. The van der Waals surface area contributed by atoms with Crippen LogP contribution in [-0.2, 0) is 9.47 Å². The largest absolute Gasteiger partial charge is 0.396 e. The summed E-state index contributed by atoms with van der Waals surface area (Å²) < 4.78 is 11.8. The van der Waals surface area contributed by atoms with Gasteiger partial charge in [-0.1, -0.05) is 26.2 Å². The lowest BCUT2D eigenvalue weighted by Gasteiger charge is -2.38. The van der Waals surface area contributed by atoms with E-state index < -0.39 is 5.79 Å². The number of fused-ring (bicyclic) bond motifs is 1. The van der Waals surface area contributed by atoms with Gasteiger partial charge in [-0.3, -0.25) is 0 Å². The number of ether oxygens (including phenoxy) is 2. The second-order valence-corrected chi connectivity index (χ2v) is 6.00. The standard InChI is InChI=1S/C14H27NO3/c1-4-5-6-7-11-10(9-16)13-12(8-15-11)17-14(2,3)18-13/h10-13,15-16H,4-9H2,1-3H3/t10-,11+,12+,13+/m0/s1. The molecule has 2 aliphatic rings. The van der Waals surface area contributed by atoms with Crippen molar-refractivity contribution < 1.29 is 14.6 Å². The summed E-state index contributed by atoms with van der Waals surface area (Å²) in [5.41, 5.74) is 0. The van der Waals surface area contributed by atoms with E-state index >= 15 is 0 Å². The van der Waals surface area contributed by atoms with Crippen LogP contribution in [0.4, 0.5) is 0 Å². The van der Waals surface area contributed by atoms with E-state index in [1.807, 2.05) is 13.8 Å². The SMILES string of the molecule is CCCCC[C@H]1NC[C@H]2OC(C)(C)O[C@@H]2[C@H]1CO. The molecular weight excluding hydrogens is 230 g/mol. The van der Waals surface area contributed by atoms with Gasteiger partial charge in [0.1, 0.15) is 6.10 Å². The molecule has 2 fully saturated rings. The Kier molecular flexibility index (Phi) is 4.64. The van der Waals surface area contributed by atoms with Gasteiger partial charge in [-0.2, -0.15) is 0 Å². The second-order valence-electron chi connectivity index (χ2n) is 6.00. The molecule has 2 aliphatic heterocycles. The maximum atomic E-state index is 9.66. The molecule has 2 heterocycles. The molecule has 4 atom stereocenters. The van der Waals surface area contributed by atoms with Gasteiger partial charge in [0.15, 0.2) is 5.79 Å². The van der Waals surface area contributed by atoms with Gasteiger partial charge in [0, 0.05) is 25.1 Å². The normalized spacial score (nSPS) is 38.7. The molecule has 0 bridgehead atoms. The summed E-state index contributed by atoms with van der Waals surface area (Å²) in [6, 6.07) is 0.361. The zero-order chi connectivity index (χ0) is 13.2. The zero-order valence-electron chi connectivity index (χ0n) is 11.8. The number of rotatable bonds is 5. The lowest BCUT2D eigenvalue weighted by Crippen LogP contribution is -2.56. The van der Waals surface area contributed by atoms with Crippen LogP contribution in [0.2, 0.25) is 0 Å². The first-order valence-corrected chi connectivity index (χ1v) is 7.27. The fourth-order valence-corrected chi connectivity index (χ4v) is 3.19. The van der Waals surface area contributed by atoms with Crippen LogP contribution in [0.1, 0.15) is 46.5 Å². The number of aliphatic hydroxyl groups is 1. The monoisotopic (exact) mass is 257 g/mol. The molecule has 0 unspecified atom stereocenters. The Bertz CT molecular complexity index is 270. The fraction of sp³-hybridized carbons (Fsp3) is 1.00. The van der Waals surface area contributed by atoms with Crippen LogP contribution in [0.3, 0.4) is 0 Å². The van der Waals surface area contributed by atoms with Gasteiger partial charge in [0.25, 0.3) is 0 Å².